The van der Waals surface area contributed by atoms with Crippen LogP contribution in [0, 0.1) is 5.82 Å². The number of hydrogen-bond donors (Lipinski definition) is 0. The van der Waals surface area contributed by atoms with Crippen molar-refractivity contribution in [2.75, 3.05) is 40.4 Å². The predicted molar refractivity (Wildman–Crippen MR) is 102 cm³/mol. The van der Waals surface area contributed by atoms with Gasteiger partial charge in [0.15, 0.2) is 11.5 Å². The Labute approximate surface area is 163 Å². The van der Waals surface area contributed by atoms with Crippen LogP contribution in [0.15, 0.2) is 36.4 Å². The number of amides is 1. The maximum Gasteiger partial charge on any atom is 0.256 e. The Kier molecular flexibility index (Phi) is 6.19. The number of ether oxygens (including phenoxy) is 2. The minimum absolute atomic E-state index is 0.0239. The first-order valence-electron chi connectivity index (χ1n) is 8.69. The summed E-state index contributed by atoms with van der Waals surface area (Å²) in [5, 5.41) is 0.354. The Morgan fingerprint density at radius 2 is 1.74 bits per heavy atom. The van der Waals surface area contributed by atoms with Crippen molar-refractivity contribution in [1.29, 1.82) is 0 Å². The molecule has 0 aromatic heterocycles. The van der Waals surface area contributed by atoms with Crippen LogP contribution in [-0.2, 0) is 6.54 Å². The number of nitrogens with zero attached hydrogens (tertiary/aromatic N) is 2. The maximum atomic E-state index is 13.9. The lowest BCUT2D eigenvalue weighted by molar-refractivity contribution is 0.0624. The number of carbonyl (C=O) groups is 1. The lowest BCUT2D eigenvalue weighted by atomic mass is 10.1. The van der Waals surface area contributed by atoms with E-state index in [9.17, 15) is 9.18 Å². The lowest BCUT2D eigenvalue weighted by Gasteiger charge is -2.35. The molecule has 1 saturated heterocycles. The number of methoxy groups -OCH3 is 2. The van der Waals surface area contributed by atoms with Gasteiger partial charge in [-0.25, -0.2) is 4.39 Å². The zero-order valence-electron chi connectivity index (χ0n) is 15.4. The molecule has 27 heavy (non-hydrogen) atoms. The van der Waals surface area contributed by atoms with E-state index in [0.29, 0.717) is 42.7 Å². The molecular weight excluding hydrogens is 371 g/mol. The van der Waals surface area contributed by atoms with E-state index < -0.39 is 5.82 Å². The highest BCUT2D eigenvalue weighted by Crippen LogP contribution is 2.28. The van der Waals surface area contributed by atoms with Crippen LogP contribution < -0.4 is 9.47 Å². The van der Waals surface area contributed by atoms with E-state index in [0.717, 1.165) is 12.1 Å². The summed E-state index contributed by atoms with van der Waals surface area (Å²) in [5.74, 6) is 0.526. The molecule has 0 atom stereocenters. The number of halogens is 2. The van der Waals surface area contributed by atoms with Gasteiger partial charge in [-0.3, -0.25) is 9.69 Å². The van der Waals surface area contributed by atoms with Gasteiger partial charge in [0, 0.05) is 37.7 Å². The fourth-order valence-corrected chi connectivity index (χ4v) is 3.35. The van der Waals surface area contributed by atoms with E-state index in [1.165, 1.54) is 18.2 Å². The zero-order chi connectivity index (χ0) is 19.4. The van der Waals surface area contributed by atoms with Crippen molar-refractivity contribution in [3.63, 3.8) is 0 Å². The Morgan fingerprint density at radius 1 is 1.04 bits per heavy atom. The molecule has 144 valence electrons. The molecule has 0 N–H and O–H groups in total. The molecule has 1 amide bonds. The Bertz CT molecular complexity index is 823. The monoisotopic (exact) mass is 392 g/mol. The van der Waals surface area contributed by atoms with Crippen LogP contribution in [0.3, 0.4) is 0 Å². The van der Waals surface area contributed by atoms with E-state index >= 15 is 0 Å². The van der Waals surface area contributed by atoms with Gasteiger partial charge in [-0.2, -0.15) is 0 Å². The summed E-state index contributed by atoms with van der Waals surface area (Å²) in [4.78, 5) is 16.5. The van der Waals surface area contributed by atoms with E-state index in [1.54, 1.807) is 19.1 Å². The van der Waals surface area contributed by atoms with Gasteiger partial charge in [0.2, 0.25) is 0 Å². The third-order valence-corrected chi connectivity index (χ3v) is 4.91. The summed E-state index contributed by atoms with van der Waals surface area (Å²) in [7, 11) is 3.22. The second kappa shape index (κ2) is 8.59. The molecule has 5 nitrogen and oxygen atoms in total. The summed E-state index contributed by atoms with van der Waals surface area (Å²) >= 11 is 5.89. The van der Waals surface area contributed by atoms with E-state index in [1.807, 2.05) is 18.2 Å². The smallest absolute Gasteiger partial charge is 0.256 e. The van der Waals surface area contributed by atoms with Gasteiger partial charge in [-0.1, -0.05) is 17.7 Å². The molecule has 7 heteroatoms. The van der Waals surface area contributed by atoms with E-state index in [2.05, 4.69) is 4.90 Å². The third kappa shape index (κ3) is 4.51. The van der Waals surface area contributed by atoms with Crippen LogP contribution >= 0.6 is 11.6 Å². The highest BCUT2D eigenvalue weighted by molar-refractivity contribution is 6.31. The number of piperazine rings is 1. The number of rotatable bonds is 5. The van der Waals surface area contributed by atoms with Crippen molar-refractivity contribution in [2.24, 2.45) is 0 Å². The highest BCUT2D eigenvalue weighted by Gasteiger charge is 2.24. The molecular formula is C20H22ClFN2O3. The zero-order valence-corrected chi connectivity index (χ0v) is 16.1. The number of benzene rings is 2. The Balaban J connectivity index is 1.60. The molecule has 1 fully saturated rings. The summed E-state index contributed by atoms with van der Waals surface area (Å²) in [5.41, 5.74) is 1.13. The molecule has 0 unspecified atom stereocenters. The van der Waals surface area contributed by atoms with Crippen LogP contribution in [0.2, 0.25) is 5.02 Å². The fraction of sp³-hybridized carbons (Fsp3) is 0.350. The van der Waals surface area contributed by atoms with Gasteiger partial charge >= 0.3 is 0 Å². The quantitative estimate of drug-likeness (QED) is 0.781. The molecule has 2 aromatic rings. The van der Waals surface area contributed by atoms with E-state index in [4.69, 9.17) is 21.1 Å². The lowest BCUT2D eigenvalue weighted by Crippen LogP contribution is -2.48. The summed E-state index contributed by atoms with van der Waals surface area (Å²) < 4.78 is 24.5. The molecule has 1 aliphatic rings. The summed E-state index contributed by atoms with van der Waals surface area (Å²) in [6, 6.07) is 9.89. The van der Waals surface area contributed by atoms with Crippen LogP contribution in [0.5, 0.6) is 11.5 Å². The number of hydrogen-bond acceptors (Lipinski definition) is 4. The average Bonchev–Trinajstić information content (AvgIpc) is 2.69. The van der Waals surface area contributed by atoms with Crippen LogP contribution in [0.4, 0.5) is 4.39 Å². The predicted octanol–water partition coefficient (Wildman–Crippen LogP) is 3.45. The minimum Gasteiger partial charge on any atom is -0.493 e. The largest absolute Gasteiger partial charge is 0.493 e. The van der Waals surface area contributed by atoms with Gasteiger partial charge in [0.05, 0.1) is 19.8 Å². The summed E-state index contributed by atoms with van der Waals surface area (Å²) in [6.45, 7) is 3.24. The molecule has 0 aliphatic carbocycles. The average molecular weight is 393 g/mol. The first-order valence-corrected chi connectivity index (χ1v) is 9.07. The first-order chi connectivity index (χ1) is 13.0. The number of carbonyl (C=O) groups excluding carboxylic acids is 1. The highest BCUT2D eigenvalue weighted by atomic mass is 35.5. The fourth-order valence-electron chi connectivity index (χ4n) is 3.18. The van der Waals surface area contributed by atoms with Gasteiger partial charge in [-0.15, -0.1) is 0 Å². The molecule has 1 heterocycles. The Morgan fingerprint density at radius 3 is 2.41 bits per heavy atom. The van der Waals surface area contributed by atoms with Gasteiger partial charge < -0.3 is 14.4 Å². The second-order valence-corrected chi connectivity index (χ2v) is 6.82. The maximum absolute atomic E-state index is 13.9. The van der Waals surface area contributed by atoms with Crippen molar-refractivity contribution >= 4 is 17.5 Å². The van der Waals surface area contributed by atoms with Crippen molar-refractivity contribution in [3.05, 3.63) is 58.4 Å². The summed E-state index contributed by atoms with van der Waals surface area (Å²) in [6.07, 6.45) is 0. The van der Waals surface area contributed by atoms with Gasteiger partial charge in [0.1, 0.15) is 5.82 Å². The van der Waals surface area contributed by atoms with Crippen LogP contribution in [0.1, 0.15) is 15.9 Å². The van der Waals surface area contributed by atoms with Crippen molar-refractivity contribution in [3.8, 4) is 11.5 Å². The first kappa shape index (κ1) is 19.5. The molecule has 1 aliphatic heterocycles. The minimum atomic E-state index is -0.544. The van der Waals surface area contributed by atoms with E-state index in [-0.39, 0.29) is 11.5 Å². The second-order valence-electron chi connectivity index (χ2n) is 6.38. The van der Waals surface area contributed by atoms with Crippen molar-refractivity contribution in [1.82, 2.24) is 9.80 Å². The molecule has 0 bridgehead atoms. The molecule has 0 saturated carbocycles. The van der Waals surface area contributed by atoms with Crippen LogP contribution in [0.25, 0.3) is 0 Å². The molecule has 3 rings (SSSR count). The molecule has 0 radical (unpaired) electrons. The topological polar surface area (TPSA) is 42.0 Å². The molecule has 2 aromatic carbocycles. The Hall–Kier alpha value is -2.31. The standard InChI is InChI=1S/C20H22ClFN2O3/c1-26-18-6-3-14(11-19(18)27-2)13-23-7-9-24(10-8-23)20(25)16-12-15(21)4-5-17(16)22/h3-6,11-12H,7-10,13H2,1-2H3. The SMILES string of the molecule is COc1ccc(CN2CCN(C(=O)c3cc(Cl)ccc3F)CC2)cc1OC. The van der Waals surface area contributed by atoms with Gasteiger partial charge in [0.25, 0.3) is 5.91 Å². The third-order valence-electron chi connectivity index (χ3n) is 4.67. The molecule has 0 spiro atoms. The normalized spacial score (nSPS) is 14.9. The van der Waals surface area contributed by atoms with Crippen LogP contribution in [-0.4, -0.2) is 56.1 Å². The van der Waals surface area contributed by atoms with Crippen molar-refractivity contribution < 1.29 is 18.7 Å². The van der Waals surface area contributed by atoms with Crippen molar-refractivity contribution in [2.45, 2.75) is 6.54 Å². The van der Waals surface area contributed by atoms with Gasteiger partial charge in [-0.05, 0) is 35.9 Å².